The number of urea groups is 1. The number of anilines is 2. The molecule has 0 radical (unpaired) electrons. The second-order valence-corrected chi connectivity index (χ2v) is 9.16. The fraction of sp³-hybridized carbons (Fsp3) is 0.160. The van der Waals surface area contributed by atoms with Crippen LogP contribution in [0.4, 0.5) is 16.2 Å². The number of para-hydroxylation sites is 2. The molecule has 3 aromatic carbocycles. The second-order valence-electron chi connectivity index (χ2n) is 8.08. The van der Waals surface area contributed by atoms with Crippen molar-refractivity contribution in [1.29, 1.82) is 0 Å². The summed E-state index contributed by atoms with van der Waals surface area (Å²) in [4.78, 5) is 44.1. The van der Waals surface area contributed by atoms with Gasteiger partial charge in [0.1, 0.15) is 12.1 Å². The first-order chi connectivity index (χ1) is 15.4. The molecule has 1 N–H and O–H groups in total. The van der Waals surface area contributed by atoms with E-state index in [9.17, 15) is 14.4 Å². The Morgan fingerprint density at radius 1 is 0.906 bits per heavy atom. The third-order valence-corrected chi connectivity index (χ3v) is 7.01. The fourth-order valence-electron chi connectivity index (χ4n) is 4.10. The first-order valence-corrected chi connectivity index (χ1v) is 11.1. The minimum atomic E-state index is -1.21. The molecule has 1 atom stereocenters. The van der Waals surface area contributed by atoms with Crippen molar-refractivity contribution in [2.24, 2.45) is 0 Å². The van der Waals surface area contributed by atoms with Gasteiger partial charge in [0.05, 0.1) is 11.4 Å². The number of rotatable bonds is 3. The number of carbonyl (C=O) groups is 3. The van der Waals surface area contributed by atoms with Crippen LogP contribution in [0.5, 0.6) is 0 Å². The Labute approximate surface area is 190 Å². The summed E-state index contributed by atoms with van der Waals surface area (Å²) in [6.45, 7) is 3.28. The monoisotopic (exact) mass is 443 g/mol. The van der Waals surface area contributed by atoms with E-state index in [0.29, 0.717) is 5.56 Å². The Morgan fingerprint density at radius 3 is 2.06 bits per heavy atom. The summed E-state index contributed by atoms with van der Waals surface area (Å²) in [6, 6.07) is 22.1. The van der Waals surface area contributed by atoms with E-state index in [4.69, 9.17) is 0 Å². The van der Waals surface area contributed by atoms with Gasteiger partial charge < -0.3 is 5.32 Å². The lowest BCUT2D eigenvalue weighted by atomic mass is 9.91. The van der Waals surface area contributed by atoms with Crippen LogP contribution in [0.15, 0.2) is 82.6 Å². The van der Waals surface area contributed by atoms with Crippen molar-refractivity contribution in [3.05, 3.63) is 83.9 Å². The lowest BCUT2D eigenvalue weighted by molar-refractivity contribution is -0.134. The van der Waals surface area contributed by atoms with Gasteiger partial charge >= 0.3 is 6.03 Å². The average molecular weight is 444 g/mol. The number of amides is 4. The van der Waals surface area contributed by atoms with Crippen molar-refractivity contribution in [3.8, 4) is 0 Å². The third-order valence-electron chi connectivity index (χ3n) is 5.88. The zero-order valence-electron chi connectivity index (χ0n) is 17.7. The predicted octanol–water partition coefficient (Wildman–Crippen LogP) is 4.59. The fourth-order valence-corrected chi connectivity index (χ4v) is 5.16. The van der Waals surface area contributed by atoms with E-state index in [1.807, 2.05) is 79.7 Å². The van der Waals surface area contributed by atoms with Crippen molar-refractivity contribution in [1.82, 2.24) is 10.2 Å². The highest BCUT2D eigenvalue weighted by Gasteiger charge is 2.50. The molecule has 2 aliphatic heterocycles. The molecular formula is C25H21N3O3S. The van der Waals surface area contributed by atoms with Gasteiger partial charge in [-0.1, -0.05) is 65.9 Å². The van der Waals surface area contributed by atoms with Gasteiger partial charge in [0.25, 0.3) is 11.8 Å². The van der Waals surface area contributed by atoms with Gasteiger partial charge in [0.15, 0.2) is 0 Å². The predicted molar refractivity (Wildman–Crippen MR) is 123 cm³/mol. The summed E-state index contributed by atoms with van der Waals surface area (Å²) in [5.74, 6) is -0.783. The lowest BCUT2D eigenvalue weighted by Gasteiger charge is -2.32. The highest BCUT2D eigenvalue weighted by molar-refractivity contribution is 7.99. The SMILES string of the molecule is Cc1ccc([C@]2(C)NC(=O)N(CC(=O)N3c4ccccc4Sc4ccccc43)C2=O)cc1. The number of imide groups is 1. The molecule has 0 bridgehead atoms. The number of carbonyl (C=O) groups excluding carboxylic acids is 3. The Hall–Kier alpha value is -3.58. The van der Waals surface area contributed by atoms with Crippen LogP contribution in [0.25, 0.3) is 0 Å². The molecule has 160 valence electrons. The summed E-state index contributed by atoms with van der Waals surface area (Å²) in [5.41, 5.74) is 2.02. The zero-order valence-corrected chi connectivity index (χ0v) is 18.5. The van der Waals surface area contributed by atoms with E-state index in [1.54, 1.807) is 23.6 Å². The molecule has 0 saturated carbocycles. The van der Waals surface area contributed by atoms with Crippen LogP contribution in [0.1, 0.15) is 18.1 Å². The molecule has 2 aliphatic rings. The maximum absolute atomic E-state index is 13.5. The number of fused-ring (bicyclic) bond motifs is 2. The van der Waals surface area contributed by atoms with E-state index < -0.39 is 17.5 Å². The normalized spacial score (nSPS) is 19.4. The largest absolute Gasteiger partial charge is 0.325 e. The van der Waals surface area contributed by atoms with Crippen molar-refractivity contribution < 1.29 is 14.4 Å². The molecule has 6 nitrogen and oxygen atoms in total. The van der Waals surface area contributed by atoms with Crippen molar-refractivity contribution in [2.45, 2.75) is 29.2 Å². The van der Waals surface area contributed by atoms with E-state index >= 15 is 0 Å². The molecule has 0 aliphatic carbocycles. The van der Waals surface area contributed by atoms with Crippen molar-refractivity contribution >= 4 is 41.0 Å². The molecule has 3 aromatic rings. The summed E-state index contributed by atoms with van der Waals surface area (Å²) in [7, 11) is 0. The van der Waals surface area contributed by atoms with Gasteiger partial charge in [-0.05, 0) is 43.7 Å². The quantitative estimate of drug-likeness (QED) is 0.601. The zero-order chi connectivity index (χ0) is 22.5. The van der Waals surface area contributed by atoms with Gasteiger partial charge in [0.2, 0.25) is 0 Å². The minimum Gasteiger partial charge on any atom is -0.319 e. The molecule has 2 heterocycles. The van der Waals surface area contributed by atoms with Crippen LogP contribution in [0, 0.1) is 6.92 Å². The van der Waals surface area contributed by atoms with Gasteiger partial charge in [-0.3, -0.25) is 19.4 Å². The maximum atomic E-state index is 13.5. The molecule has 5 rings (SSSR count). The molecule has 32 heavy (non-hydrogen) atoms. The highest BCUT2D eigenvalue weighted by atomic mass is 32.2. The van der Waals surface area contributed by atoms with Gasteiger partial charge in [-0.2, -0.15) is 0 Å². The van der Waals surface area contributed by atoms with Crippen molar-refractivity contribution in [2.75, 3.05) is 11.4 Å². The molecule has 1 fully saturated rings. The van der Waals surface area contributed by atoms with Crippen LogP contribution in [0.2, 0.25) is 0 Å². The average Bonchev–Trinajstić information content (AvgIpc) is 3.01. The molecule has 1 saturated heterocycles. The van der Waals surface area contributed by atoms with E-state index in [0.717, 1.165) is 31.6 Å². The topological polar surface area (TPSA) is 69.7 Å². The van der Waals surface area contributed by atoms with Crippen LogP contribution in [-0.2, 0) is 15.1 Å². The van der Waals surface area contributed by atoms with Gasteiger partial charge in [0, 0.05) is 9.79 Å². The molecular weight excluding hydrogens is 422 g/mol. The van der Waals surface area contributed by atoms with E-state index in [1.165, 1.54) is 0 Å². The molecule has 0 aromatic heterocycles. The number of hydrogen-bond acceptors (Lipinski definition) is 4. The number of aryl methyl sites for hydroxylation is 1. The van der Waals surface area contributed by atoms with E-state index in [2.05, 4.69) is 5.32 Å². The highest BCUT2D eigenvalue weighted by Crippen LogP contribution is 2.48. The van der Waals surface area contributed by atoms with Crippen LogP contribution in [0.3, 0.4) is 0 Å². The van der Waals surface area contributed by atoms with Gasteiger partial charge in [-0.25, -0.2) is 4.79 Å². The molecule has 0 unspecified atom stereocenters. The standard InChI is InChI=1S/C25H21N3O3S/c1-16-11-13-17(14-12-16)25(2)23(30)27(24(31)26-25)15-22(29)28-18-7-3-5-9-20(18)32-21-10-6-4-8-19(21)28/h3-14H,15H2,1-2H3,(H,26,31)/t25-/m0/s1. The number of benzene rings is 3. The molecule has 7 heteroatoms. The molecule has 0 spiro atoms. The van der Waals surface area contributed by atoms with Crippen LogP contribution < -0.4 is 10.2 Å². The van der Waals surface area contributed by atoms with E-state index in [-0.39, 0.29) is 12.5 Å². The minimum absolute atomic E-state index is 0.346. The summed E-state index contributed by atoms with van der Waals surface area (Å²) >= 11 is 1.59. The third kappa shape index (κ3) is 3.17. The summed E-state index contributed by atoms with van der Waals surface area (Å²) < 4.78 is 0. The Balaban J connectivity index is 1.46. The van der Waals surface area contributed by atoms with Gasteiger partial charge in [-0.15, -0.1) is 0 Å². The smallest absolute Gasteiger partial charge is 0.319 e. The number of nitrogens with zero attached hydrogens (tertiary/aromatic N) is 2. The number of hydrogen-bond donors (Lipinski definition) is 1. The Bertz CT molecular complexity index is 1210. The second kappa shape index (κ2) is 7.53. The first-order valence-electron chi connectivity index (χ1n) is 10.3. The lowest BCUT2D eigenvalue weighted by Crippen LogP contribution is -2.44. The Kier molecular flexibility index (Phi) is 4.78. The number of nitrogens with one attached hydrogen (secondary N) is 1. The Morgan fingerprint density at radius 2 is 1.47 bits per heavy atom. The first kappa shape index (κ1) is 20.3. The summed E-state index contributed by atoms with van der Waals surface area (Å²) in [5, 5.41) is 2.78. The van der Waals surface area contributed by atoms with Crippen molar-refractivity contribution in [3.63, 3.8) is 0 Å². The van der Waals surface area contributed by atoms with Crippen LogP contribution in [-0.4, -0.2) is 29.3 Å². The molecule has 4 amide bonds. The summed E-state index contributed by atoms with van der Waals surface area (Å²) in [6.07, 6.45) is 0. The van der Waals surface area contributed by atoms with Crippen LogP contribution >= 0.6 is 11.8 Å². The maximum Gasteiger partial charge on any atom is 0.325 e.